The summed E-state index contributed by atoms with van der Waals surface area (Å²) in [7, 11) is 0. The van der Waals surface area contributed by atoms with Gasteiger partial charge in [-0.2, -0.15) is 0 Å². The summed E-state index contributed by atoms with van der Waals surface area (Å²) in [5, 5.41) is 3.80. The molecule has 1 N–H and O–H groups in total. The SMILES string of the molecule is O=C(NCc1ccc(Cl)cc1)C1CC2CCC1C2. The van der Waals surface area contributed by atoms with Crippen molar-refractivity contribution in [1.29, 1.82) is 0 Å². The van der Waals surface area contributed by atoms with E-state index in [4.69, 9.17) is 11.6 Å². The van der Waals surface area contributed by atoms with Gasteiger partial charge in [-0.1, -0.05) is 30.2 Å². The van der Waals surface area contributed by atoms with Crippen molar-refractivity contribution in [3.8, 4) is 0 Å². The largest absolute Gasteiger partial charge is 0.352 e. The van der Waals surface area contributed by atoms with Crippen LogP contribution in [0.1, 0.15) is 31.2 Å². The fraction of sp³-hybridized carbons (Fsp3) is 0.533. The van der Waals surface area contributed by atoms with Crippen LogP contribution in [-0.2, 0) is 11.3 Å². The molecule has 18 heavy (non-hydrogen) atoms. The van der Waals surface area contributed by atoms with Crippen molar-refractivity contribution in [1.82, 2.24) is 5.32 Å². The number of carbonyl (C=O) groups excluding carboxylic acids is 1. The maximum absolute atomic E-state index is 12.1. The number of carbonyl (C=O) groups is 1. The number of hydrogen-bond acceptors (Lipinski definition) is 1. The first-order chi connectivity index (χ1) is 8.72. The fourth-order valence-corrected chi connectivity index (χ4v) is 3.61. The van der Waals surface area contributed by atoms with Crippen LogP contribution in [0.15, 0.2) is 24.3 Å². The van der Waals surface area contributed by atoms with Gasteiger partial charge in [-0.3, -0.25) is 4.79 Å². The summed E-state index contributed by atoms with van der Waals surface area (Å²) >= 11 is 5.83. The molecule has 2 nitrogen and oxygen atoms in total. The molecule has 2 aliphatic rings. The van der Waals surface area contributed by atoms with E-state index in [1.165, 1.54) is 19.3 Å². The van der Waals surface area contributed by atoms with Crippen molar-refractivity contribution in [2.45, 2.75) is 32.2 Å². The Morgan fingerprint density at radius 3 is 2.61 bits per heavy atom. The highest BCUT2D eigenvalue weighted by Crippen LogP contribution is 2.48. The molecular formula is C15H18ClNO. The van der Waals surface area contributed by atoms with E-state index in [2.05, 4.69) is 5.32 Å². The van der Waals surface area contributed by atoms with E-state index in [0.29, 0.717) is 12.5 Å². The summed E-state index contributed by atoms with van der Waals surface area (Å²) in [5.74, 6) is 2.00. The number of hydrogen-bond donors (Lipinski definition) is 1. The molecule has 0 aromatic heterocycles. The quantitative estimate of drug-likeness (QED) is 0.890. The summed E-state index contributed by atoms with van der Waals surface area (Å²) < 4.78 is 0. The number of benzene rings is 1. The van der Waals surface area contributed by atoms with Gasteiger partial charge in [-0.05, 0) is 48.8 Å². The second-order valence-electron chi connectivity index (χ2n) is 5.63. The third kappa shape index (κ3) is 2.39. The highest BCUT2D eigenvalue weighted by atomic mass is 35.5. The van der Waals surface area contributed by atoms with Crippen molar-refractivity contribution in [2.24, 2.45) is 17.8 Å². The fourth-order valence-electron chi connectivity index (χ4n) is 3.49. The van der Waals surface area contributed by atoms with Crippen LogP contribution in [0.3, 0.4) is 0 Å². The number of amides is 1. The van der Waals surface area contributed by atoms with Crippen LogP contribution in [-0.4, -0.2) is 5.91 Å². The standard InChI is InChI=1S/C15H18ClNO/c16-13-5-2-10(3-6-13)9-17-15(18)14-8-11-1-4-12(14)7-11/h2-3,5-6,11-12,14H,1,4,7-9H2,(H,17,18). The molecule has 3 unspecified atom stereocenters. The Hall–Kier alpha value is -1.02. The molecule has 0 radical (unpaired) electrons. The predicted octanol–water partition coefficient (Wildman–Crippen LogP) is 3.39. The van der Waals surface area contributed by atoms with Crippen molar-refractivity contribution >= 4 is 17.5 Å². The van der Waals surface area contributed by atoms with E-state index < -0.39 is 0 Å². The molecule has 3 atom stereocenters. The predicted molar refractivity (Wildman–Crippen MR) is 72.2 cm³/mol. The highest BCUT2D eigenvalue weighted by Gasteiger charge is 2.42. The molecule has 0 aliphatic heterocycles. The summed E-state index contributed by atoms with van der Waals surface area (Å²) in [5.41, 5.74) is 1.11. The van der Waals surface area contributed by atoms with Gasteiger partial charge in [0.15, 0.2) is 0 Å². The molecule has 2 aliphatic carbocycles. The number of halogens is 1. The summed E-state index contributed by atoms with van der Waals surface area (Å²) in [4.78, 5) is 12.1. The summed E-state index contributed by atoms with van der Waals surface area (Å²) in [6.07, 6.45) is 4.98. The van der Waals surface area contributed by atoms with Crippen molar-refractivity contribution in [2.75, 3.05) is 0 Å². The number of rotatable bonds is 3. The zero-order chi connectivity index (χ0) is 12.5. The Balaban J connectivity index is 1.54. The zero-order valence-corrected chi connectivity index (χ0v) is 11.1. The lowest BCUT2D eigenvalue weighted by Crippen LogP contribution is -2.33. The van der Waals surface area contributed by atoms with Crippen molar-refractivity contribution < 1.29 is 4.79 Å². The normalized spacial score (nSPS) is 29.5. The topological polar surface area (TPSA) is 29.1 Å². The third-order valence-corrected chi connectivity index (χ3v) is 4.71. The molecular weight excluding hydrogens is 246 g/mol. The van der Waals surface area contributed by atoms with Crippen LogP contribution in [0, 0.1) is 17.8 Å². The molecule has 0 spiro atoms. The van der Waals surface area contributed by atoms with Crippen LogP contribution in [0.5, 0.6) is 0 Å². The third-order valence-electron chi connectivity index (χ3n) is 4.45. The second-order valence-corrected chi connectivity index (χ2v) is 6.06. The molecule has 1 aromatic carbocycles. The minimum absolute atomic E-state index is 0.247. The molecule has 2 bridgehead atoms. The van der Waals surface area contributed by atoms with Crippen LogP contribution in [0.4, 0.5) is 0 Å². The Kier molecular flexibility index (Phi) is 3.29. The maximum atomic E-state index is 12.1. The van der Waals surface area contributed by atoms with Crippen LogP contribution in [0.25, 0.3) is 0 Å². The van der Waals surface area contributed by atoms with Crippen LogP contribution < -0.4 is 5.32 Å². The number of fused-ring (bicyclic) bond motifs is 2. The van der Waals surface area contributed by atoms with E-state index >= 15 is 0 Å². The molecule has 0 heterocycles. The van der Waals surface area contributed by atoms with E-state index in [0.717, 1.165) is 22.9 Å². The first-order valence-electron chi connectivity index (χ1n) is 6.74. The first-order valence-corrected chi connectivity index (χ1v) is 7.12. The zero-order valence-electron chi connectivity index (χ0n) is 10.4. The molecule has 3 heteroatoms. The molecule has 96 valence electrons. The van der Waals surface area contributed by atoms with Crippen LogP contribution in [0.2, 0.25) is 5.02 Å². The van der Waals surface area contributed by atoms with Crippen molar-refractivity contribution in [3.05, 3.63) is 34.9 Å². The monoisotopic (exact) mass is 263 g/mol. The van der Waals surface area contributed by atoms with E-state index in [1.54, 1.807) is 0 Å². The highest BCUT2D eigenvalue weighted by molar-refractivity contribution is 6.30. The Morgan fingerprint density at radius 1 is 1.22 bits per heavy atom. The lowest BCUT2D eigenvalue weighted by atomic mass is 9.88. The smallest absolute Gasteiger partial charge is 0.223 e. The minimum atomic E-state index is 0.247. The van der Waals surface area contributed by atoms with Crippen LogP contribution >= 0.6 is 11.6 Å². The second kappa shape index (κ2) is 4.93. The summed E-state index contributed by atoms with van der Waals surface area (Å²) in [6, 6.07) is 7.65. The molecule has 0 saturated heterocycles. The van der Waals surface area contributed by atoms with Gasteiger partial charge in [0.2, 0.25) is 5.91 Å². The Morgan fingerprint density at radius 2 is 2.00 bits per heavy atom. The minimum Gasteiger partial charge on any atom is -0.352 e. The van der Waals surface area contributed by atoms with Gasteiger partial charge in [-0.15, -0.1) is 0 Å². The van der Waals surface area contributed by atoms with E-state index in [9.17, 15) is 4.79 Å². The van der Waals surface area contributed by atoms with Gasteiger partial charge >= 0.3 is 0 Å². The Labute approximate surface area is 113 Å². The molecule has 1 aromatic rings. The summed E-state index contributed by atoms with van der Waals surface area (Å²) in [6.45, 7) is 0.615. The van der Waals surface area contributed by atoms with Gasteiger partial charge < -0.3 is 5.32 Å². The number of nitrogens with one attached hydrogen (secondary N) is 1. The average Bonchev–Trinajstić information content (AvgIpc) is 3.00. The van der Waals surface area contributed by atoms with Gasteiger partial charge in [0.1, 0.15) is 0 Å². The van der Waals surface area contributed by atoms with E-state index in [1.807, 2.05) is 24.3 Å². The Bertz CT molecular complexity index is 442. The average molecular weight is 264 g/mol. The molecule has 2 fully saturated rings. The van der Waals surface area contributed by atoms with Gasteiger partial charge in [0.25, 0.3) is 0 Å². The van der Waals surface area contributed by atoms with Gasteiger partial charge in [-0.25, -0.2) is 0 Å². The molecule has 2 saturated carbocycles. The molecule has 1 amide bonds. The lowest BCUT2D eigenvalue weighted by Gasteiger charge is -2.20. The van der Waals surface area contributed by atoms with Gasteiger partial charge in [0.05, 0.1) is 0 Å². The first kappa shape index (κ1) is 12.0. The van der Waals surface area contributed by atoms with E-state index in [-0.39, 0.29) is 11.8 Å². The van der Waals surface area contributed by atoms with Gasteiger partial charge in [0, 0.05) is 17.5 Å². The maximum Gasteiger partial charge on any atom is 0.223 e. The molecule has 3 rings (SSSR count). The van der Waals surface area contributed by atoms with Crippen molar-refractivity contribution in [3.63, 3.8) is 0 Å². The lowest BCUT2D eigenvalue weighted by molar-refractivity contribution is -0.126.